The van der Waals surface area contributed by atoms with Crippen molar-refractivity contribution in [1.29, 1.82) is 0 Å². The quantitative estimate of drug-likeness (QED) is 0.479. The molecule has 1 unspecified atom stereocenters. The minimum Gasteiger partial charge on any atom is -0.368 e. The first-order valence-electron chi connectivity index (χ1n) is 4.12. The predicted molar refractivity (Wildman–Crippen MR) is 57.3 cm³/mol. The normalized spacial score (nSPS) is 13.0. The van der Waals surface area contributed by atoms with Gasteiger partial charge in [0, 0.05) is 0 Å². The van der Waals surface area contributed by atoms with Gasteiger partial charge in [-0.25, -0.2) is 4.98 Å². The molecule has 0 fully saturated rings. The largest absolute Gasteiger partial charge is 0.368 e. The minimum atomic E-state index is -0.0806. The Hall–Kier alpha value is -0.470. The molecule has 0 saturated heterocycles. The number of halogens is 2. The van der Waals surface area contributed by atoms with E-state index < -0.39 is 0 Å². The van der Waals surface area contributed by atoms with Gasteiger partial charge in [-0.15, -0.1) is 0 Å². The number of hydrogen-bond donors (Lipinski definition) is 1. The highest BCUT2D eigenvalue weighted by Gasteiger charge is 2.08. The number of pyridine rings is 1. The van der Waals surface area contributed by atoms with Crippen LogP contribution in [-0.2, 0) is 0 Å². The van der Waals surface area contributed by atoms with E-state index in [1.807, 2.05) is 19.9 Å². The summed E-state index contributed by atoms with van der Waals surface area (Å²) in [7, 11) is 0. The van der Waals surface area contributed by atoms with Crippen LogP contribution in [0.2, 0.25) is 5.15 Å². The van der Waals surface area contributed by atoms with Crippen LogP contribution in [0.1, 0.15) is 13.8 Å². The Morgan fingerprint density at radius 1 is 1.38 bits per heavy atom. The lowest BCUT2D eigenvalue weighted by Crippen LogP contribution is -2.18. The molecule has 0 spiro atoms. The predicted octanol–water partition coefficient (Wildman–Crippen LogP) is 3.37. The molecular formula is C9H12Cl2N2. The molecule has 0 aliphatic carbocycles. The highest BCUT2D eigenvalue weighted by Crippen LogP contribution is 2.15. The summed E-state index contributed by atoms with van der Waals surface area (Å²) in [6, 6.07) is 3.58. The molecule has 1 aromatic heterocycles. The van der Waals surface area contributed by atoms with Gasteiger partial charge in [-0.2, -0.15) is 0 Å². The molecule has 1 atom stereocenters. The molecule has 0 saturated carbocycles. The van der Waals surface area contributed by atoms with Crippen molar-refractivity contribution in [2.75, 3.05) is 5.32 Å². The van der Waals surface area contributed by atoms with E-state index in [4.69, 9.17) is 23.2 Å². The molecule has 1 aromatic rings. The fraction of sp³-hybridized carbons (Fsp3) is 0.444. The van der Waals surface area contributed by atoms with Crippen LogP contribution in [0.25, 0.3) is 0 Å². The third-order valence-corrected chi connectivity index (χ3v) is 2.45. The van der Waals surface area contributed by atoms with Crippen LogP contribution in [0.15, 0.2) is 18.3 Å². The SMILES string of the molecule is CC(C)C(Cl)Nc1ccc(Cl)nc1. The van der Waals surface area contributed by atoms with Crippen LogP contribution in [0.4, 0.5) is 5.69 Å². The van der Waals surface area contributed by atoms with Gasteiger partial charge in [-0.3, -0.25) is 0 Å². The highest BCUT2D eigenvalue weighted by atomic mass is 35.5. The van der Waals surface area contributed by atoms with E-state index >= 15 is 0 Å². The molecule has 0 radical (unpaired) electrons. The van der Waals surface area contributed by atoms with Crippen molar-refractivity contribution >= 4 is 28.9 Å². The fourth-order valence-corrected chi connectivity index (χ4v) is 1.02. The first kappa shape index (κ1) is 10.6. The molecule has 4 heteroatoms. The van der Waals surface area contributed by atoms with Gasteiger partial charge in [0.15, 0.2) is 0 Å². The first-order chi connectivity index (χ1) is 6.09. The van der Waals surface area contributed by atoms with E-state index in [1.165, 1.54) is 0 Å². The van der Waals surface area contributed by atoms with Crippen molar-refractivity contribution in [3.05, 3.63) is 23.5 Å². The highest BCUT2D eigenvalue weighted by molar-refractivity contribution is 6.29. The van der Waals surface area contributed by atoms with Crippen LogP contribution in [0, 0.1) is 5.92 Å². The molecule has 1 rings (SSSR count). The second-order valence-electron chi connectivity index (χ2n) is 3.16. The van der Waals surface area contributed by atoms with Crippen molar-refractivity contribution < 1.29 is 0 Å². The summed E-state index contributed by atoms with van der Waals surface area (Å²) in [5, 5.41) is 3.60. The summed E-state index contributed by atoms with van der Waals surface area (Å²) in [5.74, 6) is 0.373. The van der Waals surface area contributed by atoms with Crippen LogP contribution in [-0.4, -0.2) is 10.5 Å². The van der Waals surface area contributed by atoms with Gasteiger partial charge in [-0.05, 0) is 18.1 Å². The summed E-state index contributed by atoms with van der Waals surface area (Å²) < 4.78 is 0. The van der Waals surface area contributed by atoms with Crippen LogP contribution >= 0.6 is 23.2 Å². The lowest BCUT2D eigenvalue weighted by molar-refractivity contribution is 0.644. The minimum absolute atomic E-state index is 0.0806. The lowest BCUT2D eigenvalue weighted by Gasteiger charge is -2.15. The topological polar surface area (TPSA) is 24.9 Å². The van der Waals surface area contributed by atoms with E-state index in [1.54, 1.807) is 12.3 Å². The van der Waals surface area contributed by atoms with Crippen molar-refractivity contribution in [3.8, 4) is 0 Å². The van der Waals surface area contributed by atoms with Gasteiger partial charge in [0.2, 0.25) is 0 Å². The molecule has 0 aliphatic rings. The molecule has 0 aliphatic heterocycles. The average Bonchev–Trinajstić information content (AvgIpc) is 2.08. The molecule has 1 heterocycles. The molecule has 13 heavy (non-hydrogen) atoms. The van der Waals surface area contributed by atoms with Gasteiger partial charge in [0.05, 0.1) is 11.9 Å². The zero-order chi connectivity index (χ0) is 9.84. The number of anilines is 1. The van der Waals surface area contributed by atoms with Crippen LogP contribution < -0.4 is 5.32 Å². The van der Waals surface area contributed by atoms with E-state index in [9.17, 15) is 0 Å². The van der Waals surface area contributed by atoms with Gasteiger partial charge in [0.1, 0.15) is 10.7 Å². The number of nitrogens with zero attached hydrogens (tertiary/aromatic N) is 1. The monoisotopic (exact) mass is 218 g/mol. The molecule has 1 N–H and O–H groups in total. The third kappa shape index (κ3) is 3.41. The maximum absolute atomic E-state index is 6.02. The molecule has 72 valence electrons. The van der Waals surface area contributed by atoms with Gasteiger partial charge in [0.25, 0.3) is 0 Å². The summed E-state index contributed by atoms with van der Waals surface area (Å²) in [4.78, 5) is 3.94. The smallest absolute Gasteiger partial charge is 0.129 e. The summed E-state index contributed by atoms with van der Waals surface area (Å²) >= 11 is 11.7. The maximum atomic E-state index is 6.02. The number of alkyl halides is 1. The Balaban J connectivity index is 2.59. The van der Waals surface area contributed by atoms with E-state index in [-0.39, 0.29) is 5.50 Å². The molecule has 0 aromatic carbocycles. The molecule has 0 amide bonds. The number of aromatic nitrogens is 1. The second kappa shape index (κ2) is 4.68. The Morgan fingerprint density at radius 2 is 2.08 bits per heavy atom. The van der Waals surface area contributed by atoms with Crippen LogP contribution in [0.5, 0.6) is 0 Å². The van der Waals surface area contributed by atoms with E-state index in [0.29, 0.717) is 11.1 Å². The first-order valence-corrected chi connectivity index (χ1v) is 4.93. The standard InChI is InChI=1S/C9H12Cl2N2/c1-6(2)9(11)13-7-3-4-8(10)12-5-7/h3-6,9,13H,1-2H3. The van der Waals surface area contributed by atoms with Crippen molar-refractivity contribution in [3.63, 3.8) is 0 Å². The fourth-order valence-electron chi connectivity index (χ4n) is 0.787. The van der Waals surface area contributed by atoms with Crippen molar-refractivity contribution in [2.45, 2.75) is 19.3 Å². The Kier molecular flexibility index (Phi) is 3.82. The van der Waals surface area contributed by atoms with E-state index in [0.717, 1.165) is 5.69 Å². The molecule has 0 bridgehead atoms. The number of hydrogen-bond acceptors (Lipinski definition) is 2. The number of nitrogens with one attached hydrogen (secondary N) is 1. The number of rotatable bonds is 3. The summed E-state index contributed by atoms with van der Waals surface area (Å²) in [6.45, 7) is 4.10. The van der Waals surface area contributed by atoms with Gasteiger partial charge in [-0.1, -0.05) is 37.0 Å². The summed E-state index contributed by atoms with van der Waals surface area (Å²) in [5.41, 5.74) is 0.807. The Bertz CT molecular complexity index is 259. The molecular weight excluding hydrogens is 207 g/mol. The zero-order valence-corrected chi connectivity index (χ0v) is 9.10. The van der Waals surface area contributed by atoms with E-state index in [2.05, 4.69) is 10.3 Å². The second-order valence-corrected chi connectivity index (χ2v) is 4.02. The Morgan fingerprint density at radius 3 is 2.54 bits per heavy atom. The molecule has 2 nitrogen and oxygen atoms in total. The Labute approximate surface area is 88.3 Å². The van der Waals surface area contributed by atoms with Gasteiger partial charge < -0.3 is 5.32 Å². The third-order valence-electron chi connectivity index (χ3n) is 1.62. The van der Waals surface area contributed by atoms with Crippen molar-refractivity contribution in [1.82, 2.24) is 4.98 Å². The average molecular weight is 219 g/mol. The van der Waals surface area contributed by atoms with Crippen molar-refractivity contribution in [2.24, 2.45) is 5.92 Å². The van der Waals surface area contributed by atoms with Crippen LogP contribution in [0.3, 0.4) is 0 Å². The van der Waals surface area contributed by atoms with Gasteiger partial charge >= 0.3 is 0 Å². The lowest BCUT2D eigenvalue weighted by atomic mass is 10.2. The maximum Gasteiger partial charge on any atom is 0.129 e. The summed E-state index contributed by atoms with van der Waals surface area (Å²) in [6.07, 6.45) is 1.67. The zero-order valence-electron chi connectivity index (χ0n) is 7.59.